The van der Waals surface area contributed by atoms with Crippen molar-refractivity contribution in [3.63, 3.8) is 0 Å². The second-order valence-corrected chi connectivity index (χ2v) is 12.0. The SMILES string of the molecule is CCOC(=O)C1=C(C)N=c2s/c(=C/c3cc(C)n(-c4ccc(I)c(C)c4)c3C)c(=O)n2C1c1ccc(C)cc1. The Morgan fingerprint density at radius 1 is 1.08 bits per heavy atom. The summed E-state index contributed by atoms with van der Waals surface area (Å²) in [5.41, 5.74) is 8.17. The van der Waals surface area contributed by atoms with E-state index in [0.717, 1.165) is 33.8 Å². The molecular formula is C31H30IN3O3S. The predicted molar refractivity (Wildman–Crippen MR) is 164 cm³/mol. The molecule has 0 N–H and O–H groups in total. The standard InChI is InChI=1S/C31H30IN3O3S/c1-7-38-30(37)27-20(5)33-31-35(28(27)22-10-8-17(2)9-11-22)29(36)26(39-31)16-23-15-19(4)34(21(23)6)24-12-13-25(32)18(3)14-24/h8-16,28H,7H2,1-6H3/b26-16+. The van der Waals surface area contributed by atoms with Gasteiger partial charge in [0.2, 0.25) is 0 Å². The predicted octanol–water partition coefficient (Wildman–Crippen LogP) is 5.43. The highest BCUT2D eigenvalue weighted by Crippen LogP contribution is 2.31. The van der Waals surface area contributed by atoms with Gasteiger partial charge < -0.3 is 9.30 Å². The molecule has 200 valence electrons. The molecule has 1 unspecified atom stereocenters. The lowest BCUT2D eigenvalue weighted by atomic mass is 9.95. The van der Waals surface area contributed by atoms with E-state index in [9.17, 15) is 9.59 Å². The van der Waals surface area contributed by atoms with Crippen LogP contribution in [-0.4, -0.2) is 21.7 Å². The summed E-state index contributed by atoms with van der Waals surface area (Å²) in [6, 6.07) is 15.8. The molecule has 2 aromatic carbocycles. The van der Waals surface area contributed by atoms with Crippen LogP contribution < -0.4 is 14.9 Å². The zero-order valence-electron chi connectivity index (χ0n) is 22.8. The van der Waals surface area contributed by atoms with Gasteiger partial charge in [0.15, 0.2) is 4.80 Å². The molecule has 1 atom stereocenters. The van der Waals surface area contributed by atoms with E-state index in [4.69, 9.17) is 9.73 Å². The number of aromatic nitrogens is 2. The summed E-state index contributed by atoms with van der Waals surface area (Å²) in [7, 11) is 0. The van der Waals surface area contributed by atoms with Gasteiger partial charge in [0.05, 0.1) is 28.5 Å². The van der Waals surface area contributed by atoms with Crippen molar-refractivity contribution in [3.8, 4) is 5.69 Å². The second-order valence-electron chi connectivity index (χ2n) is 9.81. The third-order valence-electron chi connectivity index (χ3n) is 7.07. The number of benzene rings is 2. The Hall–Kier alpha value is -3.24. The quantitative estimate of drug-likeness (QED) is 0.214. The number of halogens is 1. The van der Waals surface area contributed by atoms with Crippen LogP contribution in [0.25, 0.3) is 11.8 Å². The first kappa shape index (κ1) is 27.3. The van der Waals surface area contributed by atoms with Crippen LogP contribution in [0.5, 0.6) is 0 Å². The van der Waals surface area contributed by atoms with Crippen LogP contribution in [0, 0.1) is 31.3 Å². The summed E-state index contributed by atoms with van der Waals surface area (Å²) in [5, 5.41) is 0. The largest absolute Gasteiger partial charge is 0.463 e. The Labute approximate surface area is 245 Å². The summed E-state index contributed by atoms with van der Waals surface area (Å²) in [4.78, 5) is 32.3. The van der Waals surface area contributed by atoms with Crippen molar-refractivity contribution in [3.05, 3.63) is 117 Å². The Morgan fingerprint density at radius 3 is 2.46 bits per heavy atom. The summed E-state index contributed by atoms with van der Waals surface area (Å²) in [6.07, 6.45) is 1.94. The van der Waals surface area contributed by atoms with Crippen molar-refractivity contribution < 1.29 is 9.53 Å². The number of rotatable bonds is 5. The number of fused-ring (bicyclic) bond motifs is 1. The van der Waals surface area contributed by atoms with E-state index < -0.39 is 12.0 Å². The second kappa shape index (κ2) is 10.7. The minimum absolute atomic E-state index is 0.173. The lowest BCUT2D eigenvalue weighted by Crippen LogP contribution is -2.39. The number of esters is 1. The molecule has 4 aromatic rings. The zero-order valence-corrected chi connectivity index (χ0v) is 25.8. The van der Waals surface area contributed by atoms with Crippen LogP contribution in [0.4, 0.5) is 0 Å². The molecule has 1 aliphatic rings. The summed E-state index contributed by atoms with van der Waals surface area (Å²) in [6.45, 7) is 12.1. The fraction of sp³-hybridized carbons (Fsp3) is 0.258. The maximum atomic E-state index is 14.0. The molecule has 0 radical (unpaired) electrons. The first-order chi connectivity index (χ1) is 18.6. The molecule has 6 nitrogen and oxygen atoms in total. The van der Waals surface area contributed by atoms with E-state index in [1.54, 1.807) is 18.4 Å². The summed E-state index contributed by atoms with van der Waals surface area (Å²) < 4.78 is 11.0. The van der Waals surface area contributed by atoms with Gasteiger partial charge in [0, 0.05) is 20.6 Å². The number of nitrogens with zero attached hydrogens (tertiary/aromatic N) is 3. The highest BCUT2D eigenvalue weighted by Gasteiger charge is 2.33. The number of hydrogen-bond donors (Lipinski definition) is 0. The molecular weight excluding hydrogens is 621 g/mol. The lowest BCUT2D eigenvalue weighted by molar-refractivity contribution is -0.139. The molecule has 5 rings (SSSR count). The van der Waals surface area contributed by atoms with Crippen molar-refractivity contribution in [1.29, 1.82) is 0 Å². The van der Waals surface area contributed by atoms with Gasteiger partial charge in [-0.05, 0) is 111 Å². The van der Waals surface area contributed by atoms with Crippen LogP contribution in [0.3, 0.4) is 0 Å². The van der Waals surface area contributed by atoms with Crippen molar-refractivity contribution in [1.82, 2.24) is 9.13 Å². The molecule has 1 aliphatic heterocycles. The Balaban J connectivity index is 1.68. The third-order valence-corrected chi connectivity index (χ3v) is 9.26. The number of aryl methyl sites for hydroxylation is 3. The number of carbonyl (C=O) groups is 1. The maximum absolute atomic E-state index is 14.0. The maximum Gasteiger partial charge on any atom is 0.338 e. The molecule has 3 heterocycles. The van der Waals surface area contributed by atoms with Crippen molar-refractivity contribution in [2.45, 2.75) is 47.6 Å². The monoisotopic (exact) mass is 651 g/mol. The number of carbonyl (C=O) groups excluding carboxylic acids is 1. The number of hydrogen-bond acceptors (Lipinski definition) is 5. The summed E-state index contributed by atoms with van der Waals surface area (Å²) in [5.74, 6) is -0.449. The van der Waals surface area contributed by atoms with Gasteiger partial charge in [0.1, 0.15) is 0 Å². The topological polar surface area (TPSA) is 65.6 Å². The Bertz CT molecular complexity index is 1820. The first-order valence-electron chi connectivity index (χ1n) is 12.8. The molecule has 0 spiro atoms. The van der Waals surface area contributed by atoms with Gasteiger partial charge in [-0.3, -0.25) is 9.36 Å². The lowest BCUT2D eigenvalue weighted by Gasteiger charge is -2.24. The molecule has 0 aliphatic carbocycles. The molecule has 2 aromatic heterocycles. The van der Waals surface area contributed by atoms with E-state index in [-0.39, 0.29) is 12.2 Å². The number of allylic oxidation sites excluding steroid dienone is 1. The molecule has 0 fully saturated rings. The van der Waals surface area contributed by atoms with Gasteiger partial charge in [-0.2, -0.15) is 0 Å². The highest BCUT2D eigenvalue weighted by molar-refractivity contribution is 14.1. The average Bonchev–Trinajstić information content (AvgIpc) is 3.35. The van der Waals surface area contributed by atoms with Gasteiger partial charge in [-0.1, -0.05) is 41.2 Å². The zero-order chi connectivity index (χ0) is 28.0. The smallest absolute Gasteiger partial charge is 0.338 e. The highest BCUT2D eigenvalue weighted by atomic mass is 127. The number of thiazole rings is 1. The van der Waals surface area contributed by atoms with Gasteiger partial charge in [-0.25, -0.2) is 9.79 Å². The molecule has 39 heavy (non-hydrogen) atoms. The van der Waals surface area contributed by atoms with Crippen LogP contribution in [0.15, 0.2) is 69.6 Å². The van der Waals surface area contributed by atoms with Crippen LogP contribution in [0.2, 0.25) is 0 Å². The molecule has 8 heteroatoms. The van der Waals surface area contributed by atoms with E-state index in [1.165, 1.54) is 20.5 Å². The van der Waals surface area contributed by atoms with Crippen molar-refractivity contribution in [2.24, 2.45) is 4.99 Å². The fourth-order valence-corrected chi connectivity index (χ4v) is 6.47. The van der Waals surface area contributed by atoms with Crippen LogP contribution >= 0.6 is 33.9 Å². The van der Waals surface area contributed by atoms with Crippen molar-refractivity contribution >= 4 is 46.0 Å². The average molecular weight is 652 g/mol. The van der Waals surface area contributed by atoms with Crippen LogP contribution in [-0.2, 0) is 9.53 Å². The Kier molecular flexibility index (Phi) is 7.52. The minimum Gasteiger partial charge on any atom is -0.463 e. The Morgan fingerprint density at radius 2 is 1.79 bits per heavy atom. The van der Waals surface area contributed by atoms with Gasteiger partial charge in [0.25, 0.3) is 5.56 Å². The third kappa shape index (κ3) is 4.96. The van der Waals surface area contributed by atoms with E-state index in [1.807, 2.05) is 37.3 Å². The normalized spacial score (nSPS) is 15.4. The van der Waals surface area contributed by atoms with Crippen LogP contribution in [0.1, 0.15) is 53.5 Å². The van der Waals surface area contributed by atoms with E-state index >= 15 is 0 Å². The van der Waals surface area contributed by atoms with E-state index in [2.05, 4.69) is 72.2 Å². The molecule has 0 bridgehead atoms. The molecule has 0 saturated carbocycles. The minimum atomic E-state index is -0.606. The van der Waals surface area contributed by atoms with Gasteiger partial charge >= 0.3 is 5.97 Å². The first-order valence-corrected chi connectivity index (χ1v) is 14.7. The van der Waals surface area contributed by atoms with Gasteiger partial charge in [-0.15, -0.1) is 0 Å². The van der Waals surface area contributed by atoms with E-state index in [0.29, 0.717) is 20.6 Å². The summed E-state index contributed by atoms with van der Waals surface area (Å²) >= 11 is 3.69. The molecule has 0 saturated heterocycles. The molecule has 0 amide bonds. The van der Waals surface area contributed by atoms with Crippen molar-refractivity contribution in [2.75, 3.05) is 6.61 Å². The fourth-order valence-electron chi connectivity index (χ4n) is 5.10. The number of ether oxygens (including phenoxy) is 1.